The number of halogens is 3. The lowest BCUT2D eigenvalue weighted by atomic mass is 10.2. The first-order valence-corrected chi connectivity index (χ1v) is 8.30. The molecule has 3 rings (SSSR count). The Bertz CT molecular complexity index is 808. The third-order valence-corrected chi connectivity index (χ3v) is 5.31. The maximum atomic E-state index is 12.7. The fourth-order valence-electron chi connectivity index (χ4n) is 2.30. The van der Waals surface area contributed by atoms with Crippen molar-refractivity contribution >= 4 is 10.0 Å². The molecule has 0 N–H and O–H groups in total. The van der Waals surface area contributed by atoms with Crippen molar-refractivity contribution in [1.29, 1.82) is 0 Å². The summed E-state index contributed by atoms with van der Waals surface area (Å²) in [4.78, 5) is 3.66. The van der Waals surface area contributed by atoms with E-state index in [0.717, 1.165) is 35.1 Å². The van der Waals surface area contributed by atoms with Crippen LogP contribution in [0.2, 0.25) is 0 Å². The molecule has 0 amide bonds. The summed E-state index contributed by atoms with van der Waals surface area (Å²) in [5.41, 5.74) is -0.876. The van der Waals surface area contributed by atoms with Crippen LogP contribution in [0.4, 0.5) is 13.2 Å². The molecule has 0 aliphatic carbocycles. The van der Waals surface area contributed by atoms with Crippen molar-refractivity contribution in [3.63, 3.8) is 0 Å². The standard InChI is InChI=1S/C13H12F3N3O4S/c14-13(15,16)9-1-3-17-12(5-9)23-10-2-4-19(7-10)24(20,21)11-6-18-22-8-11/h1,3,5-6,8,10H,2,4,7H2. The normalized spacial score (nSPS) is 19.5. The lowest BCUT2D eigenvalue weighted by Gasteiger charge is -2.16. The fraction of sp³-hybridized carbons (Fsp3) is 0.385. The van der Waals surface area contributed by atoms with E-state index < -0.39 is 27.9 Å². The zero-order valence-corrected chi connectivity index (χ0v) is 12.9. The molecule has 0 aromatic carbocycles. The molecule has 3 heterocycles. The van der Waals surface area contributed by atoms with Crippen LogP contribution < -0.4 is 4.74 Å². The van der Waals surface area contributed by atoms with Crippen LogP contribution in [-0.2, 0) is 16.2 Å². The monoisotopic (exact) mass is 363 g/mol. The SMILES string of the molecule is O=S(=O)(c1cnoc1)N1CCC(Oc2cc(C(F)(F)F)ccn2)C1. The summed E-state index contributed by atoms with van der Waals surface area (Å²) < 4.78 is 73.7. The van der Waals surface area contributed by atoms with Crippen LogP contribution in [0, 0.1) is 0 Å². The summed E-state index contributed by atoms with van der Waals surface area (Å²) >= 11 is 0. The van der Waals surface area contributed by atoms with Gasteiger partial charge in [0.05, 0.1) is 18.3 Å². The average Bonchev–Trinajstić information content (AvgIpc) is 3.18. The molecule has 1 saturated heterocycles. The van der Waals surface area contributed by atoms with Gasteiger partial charge in [0, 0.05) is 18.8 Å². The molecule has 24 heavy (non-hydrogen) atoms. The maximum Gasteiger partial charge on any atom is 0.416 e. The molecule has 0 spiro atoms. The number of ether oxygens (including phenoxy) is 1. The molecule has 2 aromatic heterocycles. The molecule has 11 heteroatoms. The van der Waals surface area contributed by atoms with Gasteiger partial charge >= 0.3 is 6.18 Å². The first kappa shape index (κ1) is 16.7. The highest BCUT2D eigenvalue weighted by atomic mass is 32.2. The van der Waals surface area contributed by atoms with Crippen LogP contribution in [0.25, 0.3) is 0 Å². The lowest BCUT2D eigenvalue weighted by molar-refractivity contribution is -0.137. The minimum Gasteiger partial charge on any atom is -0.473 e. The zero-order valence-electron chi connectivity index (χ0n) is 12.1. The second-order valence-electron chi connectivity index (χ2n) is 5.13. The molecule has 1 atom stereocenters. The van der Waals surface area contributed by atoms with Crippen LogP contribution in [0.15, 0.2) is 40.2 Å². The van der Waals surface area contributed by atoms with Gasteiger partial charge < -0.3 is 9.26 Å². The highest BCUT2D eigenvalue weighted by Crippen LogP contribution is 2.31. The summed E-state index contributed by atoms with van der Waals surface area (Å²) in [6.07, 6.45) is -1.66. The van der Waals surface area contributed by atoms with Gasteiger partial charge in [0.2, 0.25) is 15.9 Å². The van der Waals surface area contributed by atoms with Gasteiger partial charge in [0.15, 0.2) is 0 Å². The quantitative estimate of drug-likeness (QED) is 0.825. The molecule has 130 valence electrons. The number of sulfonamides is 1. The van der Waals surface area contributed by atoms with E-state index in [2.05, 4.69) is 14.7 Å². The Morgan fingerprint density at radius 3 is 2.83 bits per heavy atom. The molecular formula is C13H12F3N3O4S. The molecule has 1 aliphatic heterocycles. The van der Waals surface area contributed by atoms with Crippen LogP contribution in [-0.4, -0.2) is 42.1 Å². The van der Waals surface area contributed by atoms with Crippen molar-refractivity contribution in [2.75, 3.05) is 13.1 Å². The van der Waals surface area contributed by atoms with E-state index >= 15 is 0 Å². The molecule has 7 nitrogen and oxygen atoms in total. The second-order valence-corrected chi connectivity index (χ2v) is 7.07. The minimum atomic E-state index is -4.50. The number of nitrogens with zero attached hydrogens (tertiary/aromatic N) is 3. The Hall–Kier alpha value is -2.14. The maximum absolute atomic E-state index is 12.7. The van der Waals surface area contributed by atoms with Crippen molar-refractivity contribution in [3.8, 4) is 5.88 Å². The van der Waals surface area contributed by atoms with E-state index in [4.69, 9.17) is 4.74 Å². The number of hydrogen-bond acceptors (Lipinski definition) is 6. The number of aromatic nitrogens is 2. The van der Waals surface area contributed by atoms with Crippen molar-refractivity contribution in [2.24, 2.45) is 0 Å². The van der Waals surface area contributed by atoms with E-state index in [1.165, 1.54) is 0 Å². The van der Waals surface area contributed by atoms with Crippen molar-refractivity contribution in [1.82, 2.24) is 14.4 Å². The lowest BCUT2D eigenvalue weighted by Crippen LogP contribution is -2.31. The fourth-order valence-corrected chi connectivity index (χ4v) is 3.65. The van der Waals surface area contributed by atoms with Crippen molar-refractivity contribution in [3.05, 3.63) is 36.4 Å². The summed E-state index contributed by atoms with van der Waals surface area (Å²) in [5, 5.41) is 3.35. The number of pyridine rings is 1. The Morgan fingerprint density at radius 1 is 1.38 bits per heavy atom. The average molecular weight is 363 g/mol. The second kappa shape index (κ2) is 6.06. The summed E-state index contributed by atoms with van der Waals surface area (Å²) in [6.45, 7) is 0.183. The van der Waals surface area contributed by atoms with Crippen LogP contribution in [0.5, 0.6) is 5.88 Å². The van der Waals surface area contributed by atoms with Gasteiger partial charge in [-0.3, -0.25) is 0 Å². The summed E-state index contributed by atoms with van der Waals surface area (Å²) in [5.74, 6) is -0.195. The third-order valence-electron chi connectivity index (χ3n) is 3.50. The summed E-state index contributed by atoms with van der Waals surface area (Å²) in [6, 6.07) is 1.63. The topological polar surface area (TPSA) is 85.5 Å². The molecule has 0 saturated carbocycles. The molecular weight excluding hydrogens is 351 g/mol. The Labute approximate surface area is 135 Å². The van der Waals surface area contributed by atoms with Gasteiger partial charge in [-0.2, -0.15) is 17.5 Å². The molecule has 0 bridgehead atoms. The summed E-state index contributed by atoms with van der Waals surface area (Å²) in [7, 11) is -3.76. The Balaban J connectivity index is 1.69. The largest absolute Gasteiger partial charge is 0.473 e. The minimum absolute atomic E-state index is 0.00540. The first-order chi connectivity index (χ1) is 11.3. The van der Waals surface area contributed by atoms with E-state index in [1.807, 2.05) is 0 Å². The van der Waals surface area contributed by atoms with Crippen LogP contribution in [0.1, 0.15) is 12.0 Å². The predicted molar refractivity (Wildman–Crippen MR) is 73.5 cm³/mol. The van der Waals surface area contributed by atoms with Crippen molar-refractivity contribution in [2.45, 2.75) is 23.6 Å². The first-order valence-electron chi connectivity index (χ1n) is 6.86. The van der Waals surface area contributed by atoms with Gasteiger partial charge in [-0.1, -0.05) is 5.16 Å². The van der Waals surface area contributed by atoms with Crippen LogP contribution in [0.3, 0.4) is 0 Å². The van der Waals surface area contributed by atoms with Gasteiger partial charge in [0.1, 0.15) is 17.3 Å². The zero-order chi connectivity index (χ0) is 17.4. The smallest absolute Gasteiger partial charge is 0.416 e. The third kappa shape index (κ3) is 3.36. The highest BCUT2D eigenvalue weighted by Gasteiger charge is 2.35. The molecule has 1 aliphatic rings. The van der Waals surface area contributed by atoms with E-state index in [0.29, 0.717) is 6.42 Å². The van der Waals surface area contributed by atoms with Gasteiger partial charge in [0.25, 0.3) is 0 Å². The Morgan fingerprint density at radius 2 is 2.17 bits per heavy atom. The van der Waals surface area contributed by atoms with Crippen molar-refractivity contribution < 1.29 is 30.8 Å². The van der Waals surface area contributed by atoms with Crippen LogP contribution >= 0.6 is 0 Å². The van der Waals surface area contributed by atoms with E-state index in [1.54, 1.807) is 0 Å². The van der Waals surface area contributed by atoms with Gasteiger partial charge in [-0.15, -0.1) is 0 Å². The molecule has 1 fully saturated rings. The van der Waals surface area contributed by atoms with E-state index in [-0.39, 0.29) is 23.9 Å². The molecule has 1 unspecified atom stereocenters. The molecule has 2 aromatic rings. The molecule has 0 radical (unpaired) electrons. The number of rotatable bonds is 4. The number of alkyl halides is 3. The predicted octanol–water partition coefficient (Wildman–Crippen LogP) is 1.93. The highest BCUT2D eigenvalue weighted by molar-refractivity contribution is 7.89. The van der Waals surface area contributed by atoms with Gasteiger partial charge in [-0.05, 0) is 12.5 Å². The van der Waals surface area contributed by atoms with E-state index in [9.17, 15) is 21.6 Å². The number of hydrogen-bond donors (Lipinski definition) is 0. The van der Waals surface area contributed by atoms with Gasteiger partial charge in [-0.25, -0.2) is 13.4 Å². The Kier molecular flexibility index (Phi) is 4.22.